The van der Waals surface area contributed by atoms with E-state index in [9.17, 15) is 14.3 Å². The first-order valence-electron chi connectivity index (χ1n) is 4.35. The van der Waals surface area contributed by atoms with Crippen LogP contribution in [-0.2, 0) is 4.79 Å². The van der Waals surface area contributed by atoms with Crippen molar-refractivity contribution in [2.24, 2.45) is 0 Å². The van der Waals surface area contributed by atoms with E-state index in [1.54, 1.807) is 0 Å². The molecule has 0 amide bonds. The zero-order chi connectivity index (χ0) is 11.4. The Labute approximate surface area is 91.1 Å². The first kappa shape index (κ1) is 11.9. The van der Waals surface area contributed by atoms with Crippen LogP contribution >= 0.6 is 11.6 Å². The van der Waals surface area contributed by atoms with Gasteiger partial charge in [-0.3, -0.25) is 4.79 Å². The fourth-order valence-electron chi connectivity index (χ4n) is 1.19. The van der Waals surface area contributed by atoms with E-state index in [2.05, 4.69) is 0 Å². The molecule has 0 aliphatic heterocycles. The number of hydrogen-bond donors (Lipinski definition) is 2. The van der Waals surface area contributed by atoms with Crippen LogP contribution in [0.1, 0.15) is 24.5 Å². The number of carboxylic acids is 1. The van der Waals surface area contributed by atoms with Crippen LogP contribution in [0.5, 0.6) is 0 Å². The number of aliphatic carboxylic acids is 1. The SMILES string of the molecule is O=C(O)CCC(O)c1ccc(F)cc1Cl. The molecule has 1 atom stereocenters. The summed E-state index contributed by atoms with van der Waals surface area (Å²) in [5.41, 5.74) is 0.347. The Morgan fingerprint density at radius 1 is 1.53 bits per heavy atom. The molecule has 5 heteroatoms. The molecule has 1 aromatic rings. The Hall–Kier alpha value is -1.13. The maximum Gasteiger partial charge on any atom is 0.303 e. The molecule has 0 aliphatic carbocycles. The van der Waals surface area contributed by atoms with Gasteiger partial charge in [0.2, 0.25) is 0 Å². The van der Waals surface area contributed by atoms with Gasteiger partial charge in [0.1, 0.15) is 5.82 Å². The summed E-state index contributed by atoms with van der Waals surface area (Å²) in [7, 11) is 0. The highest BCUT2D eigenvalue weighted by Crippen LogP contribution is 2.26. The topological polar surface area (TPSA) is 57.5 Å². The molecule has 0 bridgehead atoms. The standard InChI is InChI=1S/C10H10ClFO3/c11-8-5-6(12)1-2-7(8)9(13)3-4-10(14)15/h1-2,5,9,13H,3-4H2,(H,14,15). The molecule has 1 rings (SSSR count). The van der Waals surface area contributed by atoms with Gasteiger partial charge in [-0.05, 0) is 24.1 Å². The number of aliphatic hydroxyl groups excluding tert-OH is 1. The van der Waals surface area contributed by atoms with Gasteiger partial charge in [-0.25, -0.2) is 4.39 Å². The van der Waals surface area contributed by atoms with Crippen molar-refractivity contribution in [1.29, 1.82) is 0 Å². The fraction of sp³-hybridized carbons (Fsp3) is 0.300. The third-order valence-electron chi connectivity index (χ3n) is 1.95. The summed E-state index contributed by atoms with van der Waals surface area (Å²) in [5, 5.41) is 18.1. The van der Waals surface area contributed by atoms with Crippen molar-refractivity contribution in [3.63, 3.8) is 0 Å². The molecule has 0 fully saturated rings. The molecule has 0 aliphatic rings. The van der Waals surface area contributed by atoms with Crippen LogP contribution in [-0.4, -0.2) is 16.2 Å². The number of rotatable bonds is 4. The van der Waals surface area contributed by atoms with E-state index in [1.807, 2.05) is 0 Å². The largest absolute Gasteiger partial charge is 0.481 e. The first-order valence-corrected chi connectivity index (χ1v) is 4.73. The van der Waals surface area contributed by atoms with Gasteiger partial charge >= 0.3 is 5.97 Å². The lowest BCUT2D eigenvalue weighted by Crippen LogP contribution is -2.03. The van der Waals surface area contributed by atoms with Crippen molar-refractivity contribution in [3.8, 4) is 0 Å². The Balaban J connectivity index is 2.73. The van der Waals surface area contributed by atoms with Crippen LogP contribution in [0.15, 0.2) is 18.2 Å². The lowest BCUT2D eigenvalue weighted by atomic mass is 10.0. The summed E-state index contributed by atoms with van der Waals surface area (Å²) in [6.45, 7) is 0. The van der Waals surface area contributed by atoms with Gasteiger partial charge in [0.25, 0.3) is 0 Å². The van der Waals surface area contributed by atoms with Crippen LogP contribution in [0.25, 0.3) is 0 Å². The molecule has 0 saturated carbocycles. The molecule has 3 nitrogen and oxygen atoms in total. The van der Waals surface area contributed by atoms with Gasteiger partial charge in [-0.1, -0.05) is 17.7 Å². The van der Waals surface area contributed by atoms with Gasteiger partial charge in [0.15, 0.2) is 0 Å². The number of carboxylic acid groups (broad SMARTS) is 1. The minimum absolute atomic E-state index is 0.0562. The summed E-state index contributed by atoms with van der Waals surface area (Å²) < 4.78 is 12.7. The highest BCUT2D eigenvalue weighted by Gasteiger charge is 2.13. The molecule has 0 spiro atoms. The van der Waals surface area contributed by atoms with Gasteiger partial charge in [0, 0.05) is 11.4 Å². The number of carbonyl (C=O) groups is 1. The van der Waals surface area contributed by atoms with E-state index in [0.29, 0.717) is 5.56 Å². The van der Waals surface area contributed by atoms with Gasteiger partial charge in [0.05, 0.1) is 6.10 Å². The molecule has 0 aromatic heterocycles. The van der Waals surface area contributed by atoms with E-state index in [0.717, 1.165) is 6.07 Å². The van der Waals surface area contributed by atoms with E-state index < -0.39 is 17.9 Å². The third-order valence-corrected chi connectivity index (χ3v) is 2.28. The second-order valence-corrected chi connectivity index (χ2v) is 3.52. The van der Waals surface area contributed by atoms with Crippen molar-refractivity contribution in [3.05, 3.63) is 34.6 Å². The Morgan fingerprint density at radius 3 is 2.73 bits per heavy atom. The maximum atomic E-state index is 12.7. The molecule has 1 unspecified atom stereocenters. The minimum Gasteiger partial charge on any atom is -0.481 e. The molecule has 82 valence electrons. The van der Waals surface area contributed by atoms with Crippen molar-refractivity contribution < 1.29 is 19.4 Å². The Morgan fingerprint density at radius 2 is 2.20 bits per heavy atom. The van der Waals surface area contributed by atoms with Crippen LogP contribution < -0.4 is 0 Å². The van der Waals surface area contributed by atoms with E-state index >= 15 is 0 Å². The van der Waals surface area contributed by atoms with Crippen LogP contribution in [0.3, 0.4) is 0 Å². The zero-order valence-electron chi connectivity index (χ0n) is 7.78. The van der Waals surface area contributed by atoms with E-state index in [4.69, 9.17) is 16.7 Å². The third kappa shape index (κ3) is 3.49. The van der Waals surface area contributed by atoms with Crippen molar-refractivity contribution in [1.82, 2.24) is 0 Å². The van der Waals surface area contributed by atoms with Crippen LogP contribution in [0.4, 0.5) is 4.39 Å². The molecule has 0 saturated heterocycles. The monoisotopic (exact) mass is 232 g/mol. The average Bonchev–Trinajstić information content (AvgIpc) is 2.14. The molecular weight excluding hydrogens is 223 g/mol. The predicted octanol–water partition coefficient (Wildman–Crippen LogP) is 2.38. The summed E-state index contributed by atoms with van der Waals surface area (Å²) in [6, 6.07) is 3.61. The number of hydrogen-bond acceptors (Lipinski definition) is 2. The minimum atomic E-state index is -0.993. The number of aliphatic hydroxyl groups is 1. The van der Waals surface area contributed by atoms with Gasteiger partial charge in [-0.2, -0.15) is 0 Å². The predicted molar refractivity (Wildman–Crippen MR) is 53.2 cm³/mol. The summed E-state index contributed by atoms with van der Waals surface area (Å²) in [5.74, 6) is -1.48. The normalized spacial score (nSPS) is 12.5. The van der Waals surface area contributed by atoms with Crippen molar-refractivity contribution in [2.75, 3.05) is 0 Å². The second-order valence-electron chi connectivity index (χ2n) is 3.11. The van der Waals surface area contributed by atoms with Crippen LogP contribution in [0.2, 0.25) is 5.02 Å². The molecule has 0 heterocycles. The quantitative estimate of drug-likeness (QED) is 0.838. The van der Waals surface area contributed by atoms with Crippen molar-refractivity contribution >= 4 is 17.6 Å². The molecule has 0 radical (unpaired) electrons. The maximum absolute atomic E-state index is 12.7. The van der Waals surface area contributed by atoms with Gasteiger partial charge in [-0.15, -0.1) is 0 Å². The summed E-state index contributed by atoms with van der Waals surface area (Å²) in [4.78, 5) is 10.3. The fourth-order valence-corrected chi connectivity index (χ4v) is 1.48. The lowest BCUT2D eigenvalue weighted by molar-refractivity contribution is -0.137. The Kier molecular flexibility index (Phi) is 4.05. The average molecular weight is 233 g/mol. The molecular formula is C10H10ClFO3. The highest BCUT2D eigenvalue weighted by molar-refractivity contribution is 6.31. The molecule has 15 heavy (non-hydrogen) atoms. The van der Waals surface area contributed by atoms with E-state index in [1.165, 1.54) is 12.1 Å². The number of halogens is 2. The first-order chi connectivity index (χ1) is 7.00. The molecule has 2 N–H and O–H groups in total. The second kappa shape index (κ2) is 5.09. The lowest BCUT2D eigenvalue weighted by Gasteiger charge is -2.11. The summed E-state index contributed by atoms with van der Waals surface area (Å²) in [6.07, 6.45) is -1.08. The summed E-state index contributed by atoms with van der Waals surface area (Å²) >= 11 is 5.69. The van der Waals surface area contributed by atoms with Crippen LogP contribution in [0, 0.1) is 5.82 Å². The van der Waals surface area contributed by atoms with E-state index in [-0.39, 0.29) is 17.9 Å². The zero-order valence-corrected chi connectivity index (χ0v) is 8.54. The number of benzene rings is 1. The Bertz CT molecular complexity index is 368. The van der Waals surface area contributed by atoms with Crippen molar-refractivity contribution in [2.45, 2.75) is 18.9 Å². The smallest absolute Gasteiger partial charge is 0.303 e. The van der Waals surface area contributed by atoms with Gasteiger partial charge < -0.3 is 10.2 Å². The molecule has 1 aromatic carbocycles. The highest BCUT2D eigenvalue weighted by atomic mass is 35.5.